The molecule has 0 unspecified atom stereocenters. The van der Waals surface area contributed by atoms with Crippen LogP contribution in [0.1, 0.15) is 5.56 Å². The molecule has 2 aromatic rings. The normalized spacial score (nSPS) is 10.2. The molecule has 0 fully saturated rings. The summed E-state index contributed by atoms with van der Waals surface area (Å²) in [6.45, 7) is 2.05. The van der Waals surface area contributed by atoms with Gasteiger partial charge in [0, 0.05) is 6.20 Å². The molecule has 0 spiro atoms. The van der Waals surface area contributed by atoms with Gasteiger partial charge in [-0.05, 0) is 30.7 Å². The van der Waals surface area contributed by atoms with Crippen LogP contribution in [0.25, 0.3) is 5.69 Å². The average molecular weight is 168 g/mol. The number of aromatic nitrogens is 2. The Bertz CT molecular complexity index is 403. The van der Waals surface area contributed by atoms with E-state index in [9.17, 15) is 0 Å². The van der Waals surface area contributed by atoms with E-state index in [2.05, 4.69) is 12.0 Å². The number of aryl methyl sites for hydroxylation is 1. The van der Waals surface area contributed by atoms with E-state index >= 15 is 0 Å². The zero-order valence-electron chi connectivity index (χ0n) is 7.44. The van der Waals surface area contributed by atoms with Crippen molar-refractivity contribution in [1.29, 1.82) is 0 Å². The smallest absolute Gasteiger partial charge is 0.141 e. The molecule has 3 heteroatoms. The molecule has 0 amide bonds. The van der Waals surface area contributed by atoms with Crippen LogP contribution in [-0.4, -0.2) is 17.6 Å². The van der Waals surface area contributed by atoms with Gasteiger partial charge in [0.1, 0.15) is 7.85 Å². The Balaban J connectivity index is 2.47. The summed E-state index contributed by atoms with van der Waals surface area (Å²) in [5.41, 5.74) is 2.88. The van der Waals surface area contributed by atoms with Crippen molar-refractivity contribution in [3.8, 4) is 5.69 Å². The van der Waals surface area contributed by atoms with Gasteiger partial charge in [0.25, 0.3) is 0 Å². The largest absolute Gasteiger partial charge is 0.249 e. The highest BCUT2D eigenvalue weighted by Crippen LogP contribution is 2.05. The van der Waals surface area contributed by atoms with E-state index in [4.69, 9.17) is 7.85 Å². The highest BCUT2D eigenvalue weighted by Gasteiger charge is 1.98. The Kier molecular flexibility index (Phi) is 1.93. The van der Waals surface area contributed by atoms with Crippen molar-refractivity contribution in [3.63, 3.8) is 0 Å². The molecule has 13 heavy (non-hydrogen) atoms. The first kappa shape index (κ1) is 8.11. The molecule has 0 aliphatic rings. The van der Waals surface area contributed by atoms with E-state index in [1.165, 1.54) is 5.56 Å². The Labute approximate surface area is 78.6 Å². The molecule has 0 bridgehead atoms. The maximum atomic E-state index is 5.71. The van der Waals surface area contributed by atoms with Crippen molar-refractivity contribution in [2.24, 2.45) is 0 Å². The molecule has 62 valence electrons. The van der Waals surface area contributed by atoms with Gasteiger partial charge >= 0.3 is 0 Å². The summed E-state index contributed by atoms with van der Waals surface area (Å²) in [5.74, 6) is 0. The molecule has 2 radical (unpaired) electrons. The maximum Gasteiger partial charge on any atom is 0.141 e. The first-order chi connectivity index (χ1) is 6.27. The highest BCUT2D eigenvalue weighted by atomic mass is 15.3. The number of hydrogen-bond donors (Lipinski definition) is 0. The fraction of sp³-hybridized carbons (Fsp3) is 0.100. The van der Waals surface area contributed by atoms with Gasteiger partial charge in [0.15, 0.2) is 0 Å². The fourth-order valence-corrected chi connectivity index (χ4v) is 1.22. The van der Waals surface area contributed by atoms with E-state index in [0.29, 0.717) is 5.59 Å². The second-order valence-electron chi connectivity index (χ2n) is 3.00. The third kappa shape index (κ3) is 1.50. The first-order valence-electron chi connectivity index (χ1n) is 4.14. The van der Waals surface area contributed by atoms with Gasteiger partial charge < -0.3 is 0 Å². The maximum absolute atomic E-state index is 5.71. The van der Waals surface area contributed by atoms with Gasteiger partial charge in [-0.15, -0.1) is 0 Å². The summed E-state index contributed by atoms with van der Waals surface area (Å²) in [7, 11) is 5.71. The molecule has 0 N–H and O–H groups in total. The van der Waals surface area contributed by atoms with Crippen LogP contribution < -0.4 is 5.59 Å². The summed E-state index contributed by atoms with van der Waals surface area (Å²) >= 11 is 0. The third-order valence-electron chi connectivity index (χ3n) is 1.95. The Morgan fingerprint density at radius 3 is 2.38 bits per heavy atom. The zero-order chi connectivity index (χ0) is 9.26. The number of rotatable bonds is 1. The second kappa shape index (κ2) is 3.09. The predicted molar refractivity (Wildman–Crippen MR) is 53.7 cm³/mol. The van der Waals surface area contributed by atoms with Crippen molar-refractivity contribution >= 4 is 13.4 Å². The minimum Gasteiger partial charge on any atom is -0.249 e. The topological polar surface area (TPSA) is 17.8 Å². The van der Waals surface area contributed by atoms with Crippen LogP contribution in [0.4, 0.5) is 0 Å². The third-order valence-corrected chi connectivity index (χ3v) is 1.95. The summed E-state index contributed by atoms with van der Waals surface area (Å²) in [6.07, 6.45) is 1.69. The zero-order valence-corrected chi connectivity index (χ0v) is 7.44. The molecule has 2 rings (SSSR count). The Hall–Kier alpha value is -1.51. The van der Waals surface area contributed by atoms with Crippen LogP contribution in [0.3, 0.4) is 0 Å². The minimum atomic E-state index is 0.656. The molecule has 0 saturated carbocycles. The first-order valence-corrected chi connectivity index (χ1v) is 4.14. The monoisotopic (exact) mass is 168 g/mol. The molecular formula is C10H9BN2. The molecular weight excluding hydrogens is 159 g/mol. The summed E-state index contributed by atoms with van der Waals surface area (Å²) in [4.78, 5) is 0. The predicted octanol–water partition coefficient (Wildman–Crippen LogP) is 0.975. The minimum absolute atomic E-state index is 0.656. The van der Waals surface area contributed by atoms with Gasteiger partial charge in [0.05, 0.1) is 5.69 Å². The quantitative estimate of drug-likeness (QED) is 0.580. The lowest BCUT2D eigenvalue weighted by Gasteiger charge is -2.04. The fourth-order valence-electron chi connectivity index (χ4n) is 1.22. The molecule has 1 aromatic carbocycles. The summed E-state index contributed by atoms with van der Waals surface area (Å²) in [5, 5.41) is 4.11. The lowest BCUT2D eigenvalue weighted by atomic mass is 10.1. The molecule has 1 heterocycles. The van der Waals surface area contributed by atoms with Gasteiger partial charge in [-0.2, -0.15) is 5.10 Å². The second-order valence-corrected chi connectivity index (χ2v) is 3.00. The van der Waals surface area contributed by atoms with Gasteiger partial charge in [0.2, 0.25) is 0 Å². The van der Waals surface area contributed by atoms with E-state index < -0.39 is 0 Å². The lowest BCUT2D eigenvalue weighted by molar-refractivity contribution is 0.903. The number of hydrogen-bond acceptors (Lipinski definition) is 1. The van der Waals surface area contributed by atoms with Crippen molar-refractivity contribution in [2.75, 3.05) is 0 Å². The van der Waals surface area contributed by atoms with Crippen molar-refractivity contribution < 1.29 is 0 Å². The Morgan fingerprint density at radius 2 is 1.85 bits per heavy atom. The van der Waals surface area contributed by atoms with E-state index in [1.807, 2.05) is 24.3 Å². The van der Waals surface area contributed by atoms with E-state index in [0.717, 1.165) is 5.69 Å². The summed E-state index contributed by atoms with van der Waals surface area (Å²) in [6, 6.07) is 9.85. The van der Waals surface area contributed by atoms with Gasteiger partial charge in [-0.3, -0.25) is 0 Å². The van der Waals surface area contributed by atoms with E-state index in [-0.39, 0.29) is 0 Å². The van der Waals surface area contributed by atoms with Crippen molar-refractivity contribution in [1.82, 2.24) is 9.78 Å². The number of nitrogens with zero attached hydrogens (tertiary/aromatic N) is 2. The van der Waals surface area contributed by atoms with Crippen LogP contribution in [0.5, 0.6) is 0 Å². The molecule has 0 aliphatic carbocycles. The van der Waals surface area contributed by atoms with Crippen molar-refractivity contribution in [2.45, 2.75) is 6.92 Å². The van der Waals surface area contributed by atoms with E-state index in [1.54, 1.807) is 16.9 Å². The van der Waals surface area contributed by atoms with Gasteiger partial charge in [-0.1, -0.05) is 17.7 Å². The van der Waals surface area contributed by atoms with Crippen LogP contribution in [0.15, 0.2) is 36.5 Å². The summed E-state index contributed by atoms with van der Waals surface area (Å²) < 4.78 is 1.71. The van der Waals surface area contributed by atoms with Crippen LogP contribution in [0, 0.1) is 6.92 Å². The molecule has 0 aliphatic heterocycles. The Morgan fingerprint density at radius 1 is 1.15 bits per heavy atom. The molecule has 0 saturated heterocycles. The number of benzene rings is 1. The molecule has 1 aromatic heterocycles. The molecule has 0 atom stereocenters. The lowest BCUT2D eigenvalue weighted by Crippen LogP contribution is -2.15. The van der Waals surface area contributed by atoms with Crippen LogP contribution in [0.2, 0.25) is 0 Å². The molecule has 2 nitrogen and oxygen atoms in total. The van der Waals surface area contributed by atoms with Crippen LogP contribution in [-0.2, 0) is 0 Å². The highest BCUT2D eigenvalue weighted by molar-refractivity contribution is 6.31. The van der Waals surface area contributed by atoms with Gasteiger partial charge in [-0.25, -0.2) is 4.68 Å². The van der Waals surface area contributed by atoms with Crippen LogP contribution >= 0.6 is 0 Å². The van der Waals surface area contributed by atoms with Crippen molar-refractivity contribution in [3.05, 3.63) is 42.1 Å². The average Bonchev–Trinajstić information content (AvgIpc) is 2.53. The SMILES string of the molecule is [B]c1ccnn1-c1ccc(C)cc1. The standard InChI is InChI=1S/C10H9BN2/c1-8-2-4-9(5-3-8)13-10(11)6-7-12-13/h2-7H,1H3.